The zero-order chi connectivity index (χ0) is 15.0. The van der Waals surface area contributed by atoms with E-state index in [-0.39, 0.29) is 17.1 Å². The second-order valence-corrected chi connectivity index (χ2v) is 4.22. The van der Waals surface area contributed by atoms with Crippen molar-refractivity contribution in [2.45, 2.75) is 0 Å². The van der Waals surface area contributed by atoms with Crippen molar-refractivity contribution in [3.63, 3.8) is 0 Å². The minimum absolute atomic E-state index is 0.174. The number of para-hydroxylation sites is 2. The molecule has 2 aromatic rings. The molecule has 0 saturated carbocycles. The number of benzene rings is 2. The summed E-state index contributed by atoms with van der Waals surface area (Å²) in [4.78, 5) is 22.1. The number of hydrogen-bond donors (Lipinski definition) is 0. The minimum Gasteiger partial charge on any atom is -0.465 e. The molecule has 0 fully saturated rings. The number of esters is 1. The van der Waals surface area contributed by atoms with E-state index in [0.717, 1.165) is 13.2 Å². The monoisotopic (exact) mass is 287 g/mol. The van der Waals surface area contributed by atoms with Crippen LogP contribution in [0.1, 0.15) is 10.4 Å². The molecule has 0 radical (unpaired) electrons. The first-order valence-corrected chi connectivity index (χ1v) is 5.95. The first-order chi connectivity index (χ1) is 10.1. The number of methoxy groups -OCH3 is 1. The van der Waals surface area contributed by atoms with Gasteiger partial charge in [-0.3, -0.25) is 10.1 Å². The molecular formula is C14H9NO6. The summed E-state index contributed by atoms with van der Waals surface area (Å²) in [5, 5.41) is 11.1. The lowest BCUT2D eigenvalue weighted by Crippen LogP contribution is -2.08. The van der Waals surface area contributed by atoms with Crippen molar-refractivity contribution in [3.8, 4) is 23.0 Å². The highest BCUT2D eigenvalue weighted by molar-refractivity contribution is 5.95. The number of nitrogens with zero attached hydrogens (tertiary/aromatic N) is 1. The van der Waals surface area contributed by atoms with E-state index in [1.807, 2.05) is 0 Å². The van der Waals surface area contributed by atoms with Crippen LogP contribution in [0, 0.1) is 10.1 Å². The number of hydrogen-bond acceptors (Lipinski definition) is 6. The molecule has 1 aliphatic heterocycles. The zero-order valence-corrected chi connectivity index (χ0v) is 10.9. The Morgan fingerprint density at radius 2 is 1.67 bits per heavy atom. The van der Waals surface area contributed by atoms with Crippen molar-refractivity contribution in [1.29, 1.82) is 0 Å². The Balaban J connectivity index is 2.13. The molecule has 0 spiro atoms. The van der Waals surface area contributed by atoms with E-state index in [2.05, 4.69) is 4.74 Å². The van der Waals surface area contributed by atoms with Gasteiger partial charge in [-0.25, -0.2) is 4.79 Å². The van der Waals surface area contributed by atoms with Gasteiger partial charge >= 0.3 is 5.97 Å². The molecule has 1 aliphatic rings. The summed E-state index contributed by atoms with van der Waals surface area (Å²) in [6.45, 7) is 0. The van der Waals surface area contributed by atoms with E-state index in [0.29, 0.717) is 11.5 Å². The Hall–Kier alpha value is -3.09. The molecular weight excluding hydrogens is 278 g/mol. The summed E-state index contributed by atoms with van der Waals surface area (Å²) >= 11 is 0. The molecule has 7 nitrogen and oxygen atoms in total. The molecule has 0 bridgehead atoms. The molecule has 1 heterocycles. The molecule has 0 saturated heterocycles. The van der Waals surface area contributed by atoms with Crippen LogP contribution >= 0.6 is 0 Å². The third-order valence-electron chi connectivity index (χ3n) is 2.95. The zero-order valence-electron chi connectivity index (χ0n) is 10.9. The normalized spacial score (nSPS) is 11.5. The molecule has 7 heteroatoms. The number of nitro groups is 1. The molecule has 106 valence electrons. The largest absolute Gasteiger partial charge is 0.465 e. The molecule has 0 N–H and O–H groups in total. The third kappa shape index (κ3) is 2.14. The fourth-order valence-electron chi connectivity index (χ4n) is 1.99. The van der Waals surface area contributed by atoms with Gasteiger partial charge in [-0.05, 0) is 12.1 Å². The number of rotatable bonds is 2. The molecule has 0 atom stereocenters. The van der Waals surface area contributed by atoms with Gasteiger partial charge in [-0.1, -0.05) is 12.1 Å². The van der Waals surface area contributed by atoms with Crippen LogP contribution in [0.25, 0.3) is 0 Å². The van der Waals surface area contributed by atoms with Crippen molar-refractivity contribution >= 4 is 11.7 Å². The quantitative estimate of drug-likeness (QED) is 0.408. The average Bonchev–Trinajstić information content (AvgIpc) is 2.50. The lowest BCUT2D eigenvalue weighted by atomic mass is 10.1. The van der Waals surface area contributed by atoms with E-state index in [4.69, 9.17) is 9.47 Å². The first-order valence-electron chi connectivity index (χ1n) is 5.95. The maximum absolute atomic E-state index is 11.6. The van der Waals surface area contributed by atoms with Gasteiger partial charge in [-0.15, -0.1) is 0 Å². The maximum Gasteiger partial charge on any atom is 0.345 e. The number of carbonyl (C=O) groups excluding carboxylic acids is 1. The lowest BCUT2D eigenvalue weighted by Gasteiger charge is -2.20. The van der Waals surface area contributed by atoms with Gasteiger partial charge < -0.3 is 14.2 Å². The maximum atomic E-state index is 11.6. The van der Waals surface area contributed by atoms with E-state index < -0.39 is 16.6 Å². The lowest BCUT2D eigenvalue weighted by molar-refractivity contribution is -0.385. The SMILES string of the molecule is COC(=O)c1cc2c(cc1[N+](=O)[O-])Oc1ccccc1O2. The highest BCUT2D eigenvalue weighted by Gasteiger charge is 2.28. The van der Waals surface area contributed by atoms with Gasteiger partial charge in [0.15, 0.2) is 23.0 Å². The van der Waals surface area contributed by atoms with Crippen LogP contribution in [-0.4, -0.2) is 18.0 Å². The van der Waals surface area contributed by atoms with Crippen LogP contribution in [0.3, 0.4) is 0 Å². The number of fused-ring (bicyclic) bond motifs is 2. The molecule has 0 unspecified atom stereocenters. The van der Waals surface area contributed by atoms with Crippen LogP contribution < -0.4 is 9.47 Å². The molecule has 0 aliphatic carbocycles. The first kappa shape index (κ1) is 12.9. The third-order valence-corrected chi connectivity index (χ3v) is 2.95. The predicted octanol–water partition coefficient (Wildman–Crippen LogP) is 3.28. The molecule has 3 rings (SSSR count). The van der Waals surface area contributed by atoms with Crippen LogP contribution in [-0.2, 0) is 4.74 Å². The van der Waals surface area contributed by atoms with Crippen molar-refractivity contribution in [3.05, 3.63) is 52.1 Å². The number of carbonyl (C=O) groups is 1. The van der Waals surface area contributed by atoms with Gasteiger partial charge in [-0.2, -0.15) is 0 Å². The van der Waals surface area contributed by atoms with Crippen LogP contribution in [0.5, 0.6) is 23.0 Å². The summed E-state index contributed by atoms with van der Waals surface area (Å²) in [6, 6.07) is 9.28. The molecule has 0 amide bonds. The van der Waals surface area contributed by atoms with Crippen LogP contribution in [0.15, 0.2) is 36.4 Å². The smallest absolute Gasteiger partial charge is 0.345 e. The Morgan fingerprint density at radius 1 is 1.10 bits per heavy atom. The van der Waals surface area contributed by atoms with Crippen molar-refractivity contribution < 1.29 is 23.9 Å². The van der Waals surface area contributed by atoms with E-state index >= 15 is 0 Å². The van der Waals surface area contributed by atoms with E-state index in [9.17, 15) is 14.9 Å². The van der Waals surface area contributed by atoms with E-state index in [1.54, 1.807) is 24.3 Å². The van der Waals surface area contributed by atoms with Crippen LogP contribution in [0.4, 0.5) is 5.69 Å². The Morgan fingerprint density at radius 3 is 2.19 bits per heavy atom. The Kier molecular flexibility index (Phi) is 2.94. The highest BCUT2D eigenvalue weighted by Crippen LogP contribution is 2.47. The second kappa shape index (κ2) is 4.78. The fraction of sp³-hybridized carbons (Fsp3) is 0.0714. The topological polar surface area (TPSA) is 87.9 Å². The standard InChI is InChI=1S/C14H9NO6/c1-19-14(16)8-6-12-13(7-9(8)15(17)18)21-11-5-3-2-4-10(11)20-12/h2-7H,1H3. The summed E-state index contributed by atoms with van der Waals surface area (Å²) < 4.78 is 15.7. The number of ether oxygens (including phenoxy) is 3. The highest BCUT2D eigenvalue weighted by atomic mass is 16.6. The fourth-order valence-corrected chi connectivity index (χ4v) is 1.99. The van der Waals surface area contributed by atoms with Gasteiger partial charge in [0.25, 0.3) is 5.69 Å². The predicted molar refractivity (Wildman–Crippen MR) is 71.0 cm³/mol. The molecule has 21 heavy (non-hydrogen) atoms. The minimum atomic E-state index is -0.813. The molecule has 0 aromatic heterocycles. The van der Waals surface area contributed by atoms with Gasteiger partial charge in [0.2, 0.25) is 0 Å². The summed E-state index contributed by atoms with van der Waals surface area (Å²) in [5.41, 5.74) is -0.590. The van der Waals surface area contributed by atoms with E-state index in [1.165, 1.54) is 6.07 Å². The van der Waals surface area contributed by atoms with Gasteiger partial charge in [0.1, 0.15) is 5.56 Å². The second-order valence-electron chi connectivity index (χ2n) is 4.22. The Bertz CT molecular complexity index is 755. The molecule has 2 aromatic carbocycles. The van der Waals surface area contributed by atoms with Gasteiger partial charge in [0.05, 0.1) is 18.1 Å². The van der Waals surface area contributed by atoms with Crippen molar-refractivity contribution in [2.75, 3.05) is 7.11 Å². The summed E-state index contributed by atoms with van der Waals surface area (Å²) in [5.74, 6) is 0.500. The summed E-state index contributed by atoms with van der Waals surface area (Å²) in [6.07, 6.45) is 0. The average molecular weight is 287 g/mol. The van der Waals surface area contributed by atoms with Crippen LogP contribution in [0.2, 0.25) is 0 Å². The summed E-state index contributed by atoms with van der Waals surface area (Å²) in [7, 11) is 1.15. The van der Waals surface area contributed by atoms with Crippen molar-refractivity contribution in [2.24, 2.45) is 0 Å². The van der Waals surface area contributed by atoms with Crippen molar-refractivity contribution in [1.82, 2.24) is 0 Å². The van der Waals surface area contributed by atoms with Gasteiger partial charge in [0, 0.05) is 6.07 Å². The number of nitro benzene ring substituents is 1. The Labute approximate surface area is 118 Å².